The summed E-state index contributed by atoms with van der Waals surface area (Å²) >= 11 is 0. The van der Waals surface area contributed by atoms with E-state index in [4.69, 9.17) is 0 Å². The summed E-state index contributed by atoms with van der Waals surface area (Å²) < 4.78 is 0. The van der Waals surface area contributed by atoms with Crippen LogP contribution in [0.2, 0.25) is 0 Å². The second-order valence-corrected chi connectivity index (χ2v) is 6.11. The molecule has 3 rings (SSSR count). The average Bonchev–Trinajstić information content (AvgIpc) is 2.92. The Balaban J connectivity index is 1.59. The van der Waals surface area contributed by atoms with Crippen molar-refractivity contribution in [3.8, 4) is 0 Å². The Bertz CT molecular complexity index is 537. The van der Waals surface area contributed by atoms with E-state index >= 15 is 0 Å². The van der Waals surface area contributed by atoms with E-state index in [-0.39, 0.29) is 11.9 Å². The molecule has 2 fully saturated rings. The zero-order valence-corrected chi connectivity index (χ0v) is 13.1. The maximum atomic E-state index is 12.4. The number of aliphatic hydroxyl groups excluding tert-OH is 1. The quantitative estimate of drug-likeness (QED) is 0.764. The van der Waals surface area contributed by atoms with Crippen molar-refractivity contribution < 1.29 is 9.90 Å². The van der Waals surface area contributed by atoms with Crippen LogP contribution in [0.3, 0.4) is 0 Å². The van der Waals surface area contributed by atoms with Gasteiger partial charge in [0.1, 0.15) is 0 Å². The van der Waals surface area contributed by atoms with Gasteiger partial charge >= 0.3 is 0 Å². The number of aryl methyl sites for hydroxylation is 2. The zero-order valence-electron chi connectivity index (χ0n) is 13.1. The molecule has 0 unspecified atom stereocenters. The van der Waals surface area contributed by atoms with Crippen molar-refractivity contribution in [3.63, 3.8) is 0 Å². The van der Waals surface area contributed by atoms with Crippen LogP contribution in [-0.2, 0) is 4.79 Å². The van der Waals surface area contributed by atoms with E-state index < -0.39 is 6.10 Å². The predicted octanol–water partition coefficient (Wildman–Crippen LogP) is -0.535. The monoisotopic (exact) mass is 305 g/mol. The fourth-order valence-electron chi connectivity index (χ4n) is 3.10. The lowest BCUT2D eigenvalue weighted by atomic mass is 10.1. The highest BCUT2D eigenvalue weighted by atomic mass is 16.3. The largest absolute Gasteiger partial charge is 0.392 e. The summed E-state index contributed by atoms with van der Waals surface area (Å²) in [6.45, 7) is 7.26. The Hall–Kier alpha value is -1.73. The lowest BCUT2D eigenvalue weighted by molar-refractivity contribution is -0.133. The molecule has 1 aromatic rings. The molecule has 2 atom stereocenters. The number of rotatable bonds is 2. The molecule has 0 bridgehead atoms. The number of hydrogen-bond donors (Lipinski definition) is 2. The molecule has 1 aromatic heterocycles. The summed E-state index contributed by atoms with van der Waals surface area (Å²) in [6, 6.07) is 1.72. The van der Waals surface area contributed by atoms with Gasteiger partial charge in [-0.2, -0.15) is 0 Å². The minimum absolute atomic E-state index is 0.0949. The maximum Gasteiger partial charge on any atom is 0.239 e. The topological polar surface area (TPSA) is 81.6 Å². The van der Waals surface area contributed by atoms with Crippen molar-refractivity contribution in [3.05, 3.63) is 17.5 Å². The Kier molecular flexibility index (Phi) is 4.26. The Labute approximate surface area is 130 Å². The Morgan fingerprint density at radius 3 is 2.41 bits per heavy atom. The van der Waals surface area contributed by atoms with Crippen LogP contribution in [0.5, 0.6) is 0 Å². The van der Waals surface area contributed by atoms with Gasteiger partial charge < -0.3 is 20.2 Å². The number of carbonyl (C=O) groups is 1. The van der Waals surface area contributed by atoms with E-state index in [1.807, 2.05) is 24.8 Å². The summed E-state index contributed by atoms with van der Waals surface area (Å²) in [7, 11) is 0. The fraction of sp³-hybridized carbons (Fsp3) is 0.667. The van der Waals surface area contributed by atoms with Gasteiger partial charge in [-0.1, -0.05) is 0 Å². The highest BCUT2D eigenvalue weighted by molar-refractivity contribution is 5.82. The Morgan fingerprint density at radius 1 is 1.23 bits per heavy atom. The van der Waals surface area contributed by atoms with Crippen LogP contribution in [-0.4, -0.2) is 70.8 Å². The van der Waals surface area contributed by atoms with E-state index in [9.17, 15) is 9.90 Å². The predicted molar refractivity (Wildman–Crippen MR) is 82.7 cm³/mol. The molecule has 2 saturated heterocycles. The van der Waals surface area contributed by atoms with Gasteiger partial charge in [0.15, 0.2) is 0 Å². The van der Waals surface area contributed by atoms with Crippen molar-refractivity contribution in [2.45, 2.75) is 32.4 Å². The van der Waals surface area contributed by atoms with Crippen molar-refractivity contribution in [1.29, 1.82) is 0 Å². The third kappa shape index (κ3) is 3.20. The first kappa shape index (κ1) is 15.2. The van der Waals surface area contributed by atoms with Crippen LogP contribution in [0.1, 0.15) is 17.8 Å². The van der Waals surface area contributed by atoms with Crippen LogP contribution >= 0.6 is 0 Å². The van der Waals surface area contributed by atoms with Gasteiger partial charge in [-0.3, -0.25) is 4.79 Å². The Morgan fingerprint density at radius 2 is 1.86 bits per heavy atom. The van der Waals surface area contributed by atoms with Gasteiger partial charge in [0.25, 0.3) is 0 Å². The smallest absolute Gasteiger partial charge is 0.239 e. The highest BCUT2D eigenvalue weighted by Gasteiger charge is 2.33. The number of amides is 1. The normalized spacial score (nSPS) is 25.6. The van der Waals surface area contributed by atoms with Gasteiger partial charge in [-0.05, 0) is 26.3 Å². The van der Waals surface area contributed by atoms with E-state index in [0.717, 1.165) is 30.4 Å². The summed E-state index contributed by atoms with van der Waals surface area (Å²) in [5.41, 5.74) is 1.93. The number of piperazine rings is 1. The van der Waals surface area contributed by atoms with Gasteiger partial charge in [0.2, 0.25) is 11.9 Å². The van der Waals surface area contributed by atoms with Crippen LogP contribution in [0.25, 0.3) is 0 Å². The standard InChI is InChI=1S/C15H23N5O2/c1-10-7-11(2)18-15(17-10)20-5-3-19(4-6-20)14(22)13-8-12(21)9-16-13/h7,12-13,16,21H,3-6,8-9H2,1-2H3/t12-,13-/m1/s1. The first-order chi connectivity index (χ1) is 10.5. The lowest BCUT2D eigenvalue weighted by Gasteiger charge is -2.36. The van der Waals surface area contributed by atoms with Crippen LogP contribution in [0, 0.1) is 13.8 Å². The van der Waals surface area contributed by atoms with Crippen LogP contribution in [0.15, 0.2) is 6.07 Å². The number of anilines is 1. The lowest BCUT2D eigenvalue weighted by Crippen LogP contribution is -2.53. The van der Waals surface area contributed by atoms with Gasteiger partial charge in [0, 0.05) is 44.1 Å². The number of nitrogens with zero attached hydrogens (tertiary/aromatic N) is 4. The number of β-amino-alcohol motifs (C(OH)–C–C–N with tert-alkyl or cyclic N) is 1. The molecular formula is C15H23N5O2. The van der Waals surface area contributed by atoms with Gasteiger partial charge in [-0.25, -0.2) is 9.97 Å². The fourth-order valence-corrected chi connectivity index (χ4v) is 3.10. The van der Waals surface area contributed by atoms with Crippen LogP contribution < -0.4 is 10.2 Å². The molecule has 1 amide bonds. The third-order valence-corrected chi connectivity index (χ3v) is 4.25. The maximum absolute atomic E-state index is 12.4. The van der Waals surface area contributed by atoms with E-state index in [2.05, 4.69) is 20.2 Å². The number of aromatic nitrogens is 2. The highest BCUT2D eigenvalue weighted by Crippen LogP contribution is 2.15. The number of carbonyl (C=O) groups excluding carboxylic acids is 1. The third-order valence-electron chi connectivity index (χ3n) is 4.25. The van der Waals surface area contributed by atoms with E-state index in [0.29, 0.717) is 26.1 Å². The van der Waals surface area contributed by atoms with Gasteiger partial charge in [0.05, 0.1) is 12.1 Å². The van der Waals surface area contributed by atoms with Crippen LogP contribution in [0.4, 0.5) is 5.95 Å². The molecule has 0 saturated carbocycles. The molecule has 0 aromatic carbocycles. The van der Waals surface area contributed by atoms with E-state index in [1.165, 1.54) is 0 Å². The second kappa shape index (κ2) is 6.18. The molecule has 2 N–H and O–H groups in total. The SMILES string of the molecule is Cc1cc(C)nc(N2CCN(C(=O)[C@H]3C[C@@H](O)CN3)CC2)n1. The van der Waals surface area contributed by atoms with Crippen molar-refractivity contribution in [1.82, 2.24) is 20.2 Å². The molecule has 7 heteroatoms. The summed E-state index contributed by atoms with van der Waals surface area (Å²) in [5, 5.41) is 12.6. The molecule has 22 heavy (non-hydrogen) atoms. The first-order valence-electron chi connectivity index (χ1n) is 7.80. The minimum atomic E-state index is -0.404. The molecule has 7 nitrogen and oxygen atoms in total. The number of nitrogens with one attached hydrogen (secondary N) is 1. The zero-order chi connectivity index (χ0) is 15.7. The van der Waals surface area contributed by atoms with Crippen molar-refractivity contribution >= 4 is 11.9 Å². The summed E-state index contributed by atoms with van der Waals surface area (Å²) in [4.78, 5) is 25.4. The summed E-state index contributed by atoms with van der Waals surface area (Å²) in [6.07, 6.45) is 0.109. The molecule has 2 aliphatic heterocycles. The molecule has 0 aliphatic carbocycles. The second-order valence-electron chi connectivity index (χ2n) is 6.11. The van der Waals surface area contributed by atoms with E-state index in [1.54, 1.807) is 0 Å². The van der Waals surface area contributed by atoms with Crippen molar-refractivity contribution in [2.75, 3.05) is 37.6 Å². The minimum Gasteiger partial charge on any atom is -0.392 e. The number of aliphatic hydroxyl groups is 1. The van der Waals surface area contributed by atoms with Gasteiger partial charge in [-0.15, -0.1) is 0 Å². The number of hydrogen-bond acceptors (Lipinski definition) is 6. The molecule has 0 radical (unpaired) electrons. The molecule has 120 valence electrons. The summed E-state index contributed by atoms with van der Waals surface area (Å²) in [5.74, 6) is 0.844. The molecule has 3 heterocycles. The molecular weight excluding hydrogens is 282 g/mol. The molecule has 2 aliphatic rings. The molecule has 0 spiro atoms. The van der Waals surface area contributed by atoms with Crippen molar-refractivity contribution in [2.24, 2.45) is 0 Å². The first-order valence-corrected chi connectivity index (χ1v) is 7.80. The average molecular weight is 305 g/mol.